The lowest BCUT2D eigenvalue weighted by Gasteiger charge is -2.41. The number of fused-ring (bicyclic) bond motifs is 2. The number of halogens is 6. The Kier molecular flexibility index (Phi) is 7.99. The number of carbonyl (C=O) groups excluding carboxylic acids is 2. The van der Waals surface area contributed by atoms with E-state index < -0.39 is 53.7 Å². The summed E-state index contributed by atoms with van der Waals surface area (Å²) >= 11 is 0. The molecule has 1 aromatic carbocycles. The van der Waals surface area contributed by atoms with Crippen LogP contribution in [0.25, 0.3) is 0 Å². The molecule has 0 spiro atoms. The fourth-order valence-corrected chi connectivity index (χ4v) is 5.11. The number of hydrogen-bond acceptors (Lipinski definition) is 5. The molecule has 1 aromatic heterocycles. The SMILES string of the molecule is CC(C)(Oc1ccc(F)cc1C(F)(F)F)C(=O)NC1CC2CCC(C1)N2c1ccc(C(=O)NCC(F)F)cn1. The van der Waals surface area contributed by atoms with E-state index in [1.54, 1.807) is 6.07 Å². The van der Waals surface area contributed by atoms with E-state index in [0.29, 0.717) is 24.7 Å². The van der Waals surface area contributed by atoms with Crippen LogP contribution in [0.3, 0.4) is 0 Å². The molecule has 2 aliphatic heterocycles. The van der Waals surface area contributed by atoms with Gasteiger partial charge in [0.25, 0.3) is 18.2 Å². The van der Waals surface area contributed by atoms with Crippen LogP contribution < -0.4 is 20.3 Å². The van der Waals surface area contributed by atoms with E-state index >= 15 is 0 Å². The monoisotopic (exact) mass is 558 g/mol. The zero-order valence-corrected chi connectivity index (χ0v) is 21.2. The predicted molar refractivity (Wildman–Crippen MR) is 129 cm³/mol. The number of hydrogen-bond donors (Lipinski definition) is 2. The maximum Gasteiger partial charge on any atom is 0.420 e. The van der Waals surface area contributed by atoms with E-state index in [4.69, 9.17) is 4.74 Å². The first-order valence-electron chi connectivity index (χ1n) is 12.4. The first-order chi connectivity index (χ1) is 18.2. The first kappa shape index (κ1) is 28.5. The molecule has 2 amide bonds. The van der Waals surface area contributed by atoms with E-state index in [9.17, 15) is 35.9 Å². The Balaban J connectivity index is 1.38. The third-order valence-corrected chi connectivity index (χ3v) is 6.92. The fourth-order valence-electron chi connectivity index (χ4n) is 5.11. The fraction of sp³-hybridized carbons (Fsp3) is 0.500. The molecule has 212 valence electrons. The molecule has 2 unspecified atom stereocenters. The molecule has 2 saturated heterocycles. The summed E-state index contributed by atoms with van der Waals surface area (Å²) in [5, 5.41) is 5.01. The molecule has 2 bridgehead atoms. The van der Waals surface area contributed by atoms with Gasteiger partial charge >= 0.3 is 6.18 Å². The molecule has 3 heterocycles. The summed E-state index contributed by atoms with van der Waals surface area (Å²) in [7, 11) is 0. The van der Waals surface area contributed by atoms with Crippen molar-refractivity contribution in [1.82, 2.24) is 15.6 Å². The molecular formula is C26H28F6N4O3. The van der Waals surface area contributed by atoms with Crippen molar-refractivity contribution in [3.63, 3.8) is 0 Å². The number of pyridine rings is 1. The summed E-state index contributed by atoms with van der Waals surface area (Å²) in [5.74, 6) is -2.34. The number of nitrogens with zero attached hydrogens (tertiary/aromatic N) is 2. The van der Waals surface area contributed by atoms with Crippen LogP contribution in [0.2, 0.25) is 0 Å². The summed E-state index contributed by atoms with van der Waals surface area (Å²) in [6.07, 6.45) is -3.41. The predicted octanol–water partition coefficient (Wildman–Crippen LogP) is 4.71. The second-order valence-electron chi connectivity index (χ2n) is 10.2. The Labute approximate surface area is 220 Å². The van der Waals surface area contributed by atoms with E-state index in [1.165, 1.54) is 26.1 Å². The molecule has 2 fully saturated rings. The molecule has 0 radical (unpaired) electrons. The van der Waals surface area contributed by atoms with Crippen LogP contribution in [0.4, 0.5) is 32.2 Å². The van der Waals surface area contributed by atoms with Gasteiger partial charge in [-0.15, -0.1) is 0 Å². The van der Waals surface area contributed by atoms with Gasteiger partial charge in [0, 0.05) is 24.3 Å². The van der Waals surface area contributed by atoms with Gasteiger partial charge in [0.2, 0.25) is 0 Å². The molecule has 2 atom stereocenters. The van der Waals surface area contributed by atoms with Crippen molar-refractivity contribution in [2.45, 2.75) is 75.9 Å². The average molecular weight is 559 g/mol. The van der Waals surface area contributed by atoms with Crippen LogP contribution in [0.5, 0.6) is 5.75 Å². The van der Waals surface area contributed by atoms with E-state index in [2.05, 4.69) is 20.5 Å². The zero-order valence-electron chi connectivity index (χ0n) is 21.2. The number of ether oxygens (including phenoxy) is 1. The number of amides is 2. The molecule has 2 aromatic rings. The molecule has 0 saturated carbocycles. The van der Waals surface area contributed by atoms with E-state index in [1.807, 2.05) is 0 Å². The van der Waals surface area contributed by atoms with E-state index in [0.717, 1.165) is 25.0 Å². The molecule has 7 nitrogen and oxygen atoms in total. The largest absolute Gasteiger partial charge is 0.477 e. The Morgan fingerprint density at radius 2 is 1.77 bits per heavy atom. The lowest BCUT2D eigenvalue weighted by atomic mass is 9.96. The number of piperidine rings is 1. The minimum absolute atomic E-state index is 0.0259. The highest BCUT2D eigenvalue weighted by atomic mass is 19.4. The summed E-state index contributed by atoms with van der Waals surface area (Å²) in [6, 6.07) is 4.97. The van der Waals surface area contributed by atoms with Gasteiger partial charge in [-0.1, -0.05) is 0 Å². The smallest absolute Gasteiger partial charge is 0.420 e. The molecule has 39 heavy (non-hydrogen) atoms. The van der Waals surface area contributed by atoms with Crippen molar-refractivity contribution in [3.05, 3.63) is 53.5 Å². The Hall–Kier alpha value is -3.51. The van der Waals surface area contributed by atoms with Gasteiger partial charge in [0.05, 0.1) is 12.1 Å². The Morgan fingerprint density at radius 3 is 2.33 bits per heavy atom. The zero-order chi connectivity index (χ0) is 28.5. The number of carbonyl (C=O) groups is 2. The number of anilines is 1. The van der Waals surface area contributed by atoms with Gasteiger partial charge in [-0.3, -0.25) is 9.59 Å². The molecular weight excluding hydrogens is 530 g/mol. The Bertz CT molecular complexity index is 1190. The lowest BCUT2D eigenvalue weighted by molar-refractivity contribution is -0.144. The van der Waals surface area contributed by atoms with Gasteiger partial charge < -0.3 is 20.3 Å². The molecule has 2 N–H and O–H groups in total. The number of benzene rings is 1. The lowest BCUT2D eigenvalue weighted by Crippen LogP contribution is -2.55. The van der Waals surface area contributed by atoms with Crippen LogP contribution in [0.1, 0.15) is 55.5 Å². The quantitative estimate of drug-likeness (QED) is 0.459. The second-order valence-corrected chi connectivity index (χ2v) is 10.2. The first-order valence-corrected chi connectivity index (χ1v) is 12.4. The van der Waals surface area contributed by atoms with Crippen molar-refractivity contribution in [3.8, 4) is 5.75 Å². The number of rotatable bonds is 8. The van der Waals surface area contributed by atoms with Gasteiger partial charge in [-0.25, -0.2) is 18.2 Å². The number of nitrogens with one attached hydrogen (secondary N) is 2. The molecule has 13 heteroatoms. The highest BCUT2D eigenvalue weighted by Gasteiger charge is 2.44. The average Bonchev–Trinajstić information content (AvgIpc) is 3.12. The highest BCUT2D eigenvalue weighted by Crippen LogP contribution is 2.40. The standard InChI is InChI=1S/C26H28F6N4O3/c1-25(2,39-20-7-4-15(27)9-19(20)26(30,31)32)24(38)35-16-10-17-5-6-18(11-16)36(17)22-8-3-14(12-33-22)23(37)34-13-21(28)29/h3-4,7-9,12,16-18,21H,5-6,10-11,13H2,1-2H3,(H,34,37)(H,35,38). The normalized spacial score (nSPS) is 21.2. The number of alkyl halides is 5. The summed E-state index contributed by atoms with van der Waals surface area (Å²) < 4.78 is 83.7. The molecule has 0 aliphatic carbocycles. The minimum atomic E-state index is -4.86. The minimum Gasteiger partial charge on any atom is -0.477 e. The third kappa shape index (κ3) is 6.56. The summed E-state index contributed by atoms with van der Waals surface area (Å²) in [6.45, 7) is 1.94. The van der Waals surface area contributed by atoms with Gasteiger partial charge in [0.15, 0.2) is 5.60 Å². The van der Waals surface area contributed by atoms with Crippen molar-refractivity contribution < 1.29 is 40.7 Å². The van der Waals surface area contributed by atoms with Crippen LogP contribution >= 0.6 is 0 Å². The Morgan fingerprint density at radius 1 is 1.10 bits per heavy atom. The van der Waals surface area contributed by atoms with Crippen molar-refractivity contribution in [2.24, 2.45) is 0 Å². The highest BCUT2D eigenvalue weighted by molar-refractivity contribution is 5.94. The summed E-state index contributed by atoms with van der Waals surface area (Å²) in [4.78, 5) is 31.5. The van der Waals surface area contributed by atoms with Gasteiger partial charge in [0.1, 0.15) is 22.9 Å². The van der Waals surface area contributed by atoms with Crippen molar-refractivity contribution in [1.29, 1.82) is 0 Å². The van der Waals surface area contributed by atoms with Crippen molar-refractivity contribution in [2.75, 3.05) is 11.4 Å². The second kappa shape index (κ2) is 10.9. The van der Waals surface area contributed by atoms with Crippen LogP contribution in [-0.2, 0) is 11.0 Å². The van der Waals surface area contributed by atoms with E-state index in [-0.39, 0.29) is 23.7 Å². The molecule has 4 rings (SSSR count). The van der Waals surface area contributed by atoms with Crippen LogP contribution in [0, 0.1) is 5.82 Å². The maximum atomic E-state index is 13.4. The van der Waals surface area contributed by atoms with Crippen LogP contribution in [-0.4, -0.2) is 53.5 Å². The van der Waals surface area contributed by atoms with Crippen molar-refractivity contribution >= 4 is 17.6 Å². The molecule has 2 aliphatic rings. The van der Waals surface area contributed by atoms with Gasteiger partial charge in [-0.2, -0.15) is 13.2 Å². The topological polar surface area (TPSA) is 83.6 Å². The van der Waals surface area contributed by atoms with Gasteiger partial charge in [-0.05, 0) is 69.9 Å². The van der Waals surface area contributed by atoms with Crippen LogP contribution in [0.15, 0.2) is 36.5 Å². The third-order valence-electron chi connectivity index (χ3n) is 6.92. The maximum absolute atomic E-state index is 13.4. The number of aromatic nitrogens is 1. The summed E-state index contributed by atoms with van der Waals surface area (Å²) in [5.41, 5.74) is -2.82.